The number of hydrogen-bond acceptors (Lipinski definition) is 1. The summed E-state index contributed by atoms with van der Waals surface area (Å²) in [4.78, 5) is 2.17. The Morgan fingerprint density at radius 2 is 1.78 bits per heavy atom. The smallest absolute Gasteiger partial charge is 0.0903 e. The number of unbranched alkanes of at least 4 members (excludes halogenated alkanes) is 3. The van der Waals surface area contributed by atoms with Crippen molar-refractivity contribution >= 4 is 31.4 Å². The van der Waals surface area contributed by atoms with Crippen molar-refractivity contribution in [3.05, 3.63) is 0 Å². The van der Waals surface area contributed by atoms with Crippen LogP contribution in [0.5, 0.6) is 0 Å². The van der Waals surface area contributed by atoms with Gasteiger partial charge >= 0.3 is 0 Å². The summed E-state index contributed by atoms with van der Waals surface area (Å²) < 4.78 is 0. The third-order valence-corrected chi connectivity index (χ3v) is 4.21. The summed E-state index contributed by atoms with van der Waals surface area (Å²) in [5.41, 5.74) is 0.00523. The Morgan fingerprint density at radius 3 is 2.22 bits per heavy atom. The largest absolute Gasteiger partial charge is 0.305 e. The van der Waals surface area contributed by atoms with Crippen molar-refractivity contribution in [2.24, 2.45) is 0 Å². The molecule has 1 fully saturated rings. The van der Waals surface area contributed by atoms with Gasteiger partial charge in [-0.05, 0) is 32.8 Å². The SMILES string of the molecule is [B]C1C([B])C([B])([B])CN1C(C)(C)CCCCCC. The Hall–Kier alpha value is 0.220. The fourth-order valence-electron chi connectivity index (χ4n) is 2.76. The number of hydrogen-bond donors (Lipinski definition) is 0. The van der Waals surface area contributed by atoms with E-state index in [0.717, 1.165) is 6.42 Å². The molecule has 0 aromatic heterocycles. The van der Waals surface area contributed by atoms with E-state index in [1.807, 2.05) is 0 Å². The summed E-state index contributed by atoms with van der Waals surface area (Å²) in [5.74, 6) is -0.617. The molecule has 2 unspecified atom stereocenters. The summed E-state index contributed by atoms with van der Waals surface area (Å²) in [7, 11) is 24.2. The van der Waals surface area contributed by atoms with Crippen molar-refractivity contribution in [3.63, 3.8) is 0 Å². The minimum Gasteiger partial charge on any atom is -0.305 e. The van der Waals surface area contributed by atoms with E-state index in [9.17, 15) is 0 Å². The van der Waals surface area contributed by atoms with Crippen LogP contribution in [0.1, 0.15) is 52.9 Å². The molecule has 0 bridgehead atoms. The molecule has 1 saturated heterocycles. The second-order valence-electron chi connectivity index (χ2n) is 6.38. The molecule has 1 rings (SSSR count). The van der Waals surface area contributed by atoms with Gasteiger partial charge in [0.1, 0.15) is 0 Å². The van der Waals surface area contributed by atoms with Crippen LogP contribution >= 0.6 is 0 Å². The third kappa shape index (κ3) is 3.62. The van der Waals surface area contributed by atoms with Crippen LogP contribution in [0.4, 0.5) is 0 Å². The van der Waals surface area contributed by atoms with Gasteiger partial charge in [0.25, 0.3) is 0 Å². The Kier molecular flexibility index (Phi) is 5.53. The second kappa shape index (κ2) is 6.11. The Morgan fingerprint density at radius 1 is 1.17 bits per heavy atom. The maximum Gasteiger partial charge on any atom is 0.0903 e. The van der Waals surface area contributed by atoms with Crippen molar-refractivity contribution in [3.8, 4) is 0 Å². The highest BCUT2D eigenvalue weighted by Gasteiger charge is 2.44. The number of likely N-dealkylation sites (tertiary alicyclic amines) is 1. The van der Waals surface area contributed by atoms with Crippen LogP contribution in [0.3, 0.4) is 0 Å². The van der Waals surface area contributed by atoms with Crippen molar-refractivity contribution in [1.82, 2.24) is 4.90 Å². The van der Waals surface area contributed by atoms with E-state index in [4.69, 9.17) is 31.4 Å². The zero-order chi connectivity index (χ0) is 14.0. The number of nitrogens with zero attached hydrogens (tertiary/aromatic N) is 1. The fourth-order valence-corrected chi connectivity index (χ4v) is 2.76. The molecule has 1 heterocycles. The minimum atomic E-state index is -0.875. The Bertz CT molecular complexity index is 268. The highest BCUT2D eigenvalue weighted by molar-refractivity contribution is 6.45. The average Bonchev–Trinajstić information content (AvgIpc) is 2.49. The van der Waals surface area contributed by atoms with Crippen molar-refractivity contribution in [2.45, 2.75) is 75.4 Å². The first-order chi connectivity index (χ1) is 8.22. The van der Waals surface area contributed by atoms with Crippen LogP contribution in [0.2, 0.25) is 11.0 Å². The first-order valence-electron chi connectivity index (χ1n) is 7.08. The summed E-state index contributed by atoms with van der Waals surface area (Å²) in [6, 6.07) is 0. The molecule has 1 aliphatic heterocycles. The lowest BCUT2D eigenvalue weighted by atomic mass is 9.43. The van der Waals surface area contributed by atoms with Gasteiger partial charge < -0.3 is 4.90 Å². The molecule has 5 heteroatoms. The Balaban J connectivity index is 2.57. The molecule has 8 radical (unpaired) electrons. The summed E-state index contributed by atoms with van der Waals surface area (Å²) >= 11 is 0. The van der Waals surface area contributed by atoms with Crippen LogP contribution in [-0.4, -0.2) is 54.3 Å². The molecule has 18 heavy (non-hydrogen) atoms. The second-order valence-corrected chi connectivity index (χ2v) is 6.38. The minimum absolute atomic E-state index is 0.00523. The van der Waals surface area contributed by atoms with Gasteiger partial charge in [-0.25, -0.2) is 0 Å². The fraction of sp³-hybridized carbons (Fsp3) is 1.00. The van der Waals surface area contributed by atoms with Crippen LogP contribution in [0.15, 0.2) is 0 Å². The molecule has 0 aromatic rings. The molecule has 0 aromatic carbocycles. The van der Waals surface area contributed by atoms with Gasteiger partial charge in [-0.15, -0.1) is 0 Å². The monoisotopic (exact) mass is 237 g/mol. The molecule has 2 atom stereocenters. The van der Waals surface area contributed by atoms with E-state index in [2.05, 4.69) is 25.7 Å². The maximum absolute atomic E-state index is 6.16. The standard InChI is InChI=1S/C13H23B4N/c1-4-5-6-7-8-12(2,3)18-9-13(16,17)10(14)11(18)15/h10-11H,4-9H2,1-3H3. The normalized spacial score (nSPS) is 28.6. The van der Waals surface area contributed by atoms with Crippen LogP contribution < -0.4 is 0 Å². The molecular weight excluding hydrogens is 213 g/mol. The molecule has 0 spiro atoms. The summed E-state index contributed by atoms with van der Waals surface area (Å²) in [6.07, 6.45) is 6.12. The molecule has 0 aliphatic carbocycles. The molecule has 0 amide bonds. The van der Waals surface area contributed by atoms with Crippen molar-refractivity contribution < 1.29 is 0 Å². The molecule has 1 nitrogen and oxygen atoms in total. The summed E-state index contributed by atoms with van der Waals surface area (Å²) in [5, 5.41) is -0.875. The van der Waals surface area contributed by atoms with Gasteiger partial charge in [-0.1, -0.05) is 43.6 Å². The van der Waals surface area contributed by atoms with Crippen LogP contribution in [0.25, 0.3) is 0 Å². The molecule has 92 valence electrons. The van der Waals surface area contributed by atoms with Crippen LogP contribution in [0, 0.1) is 0 Å². The van der Waals surface area contributed by atoms with E-state index in [0.29, 0.717) is 6.54 Å². The molecule has 1 aliphatic rings. The molecular formula is C13H23B4N. The zero-order valence-corrected chi connectivity index (χ0v) is 12.2. The van der Waals surface area contributed by atoms with Gasteiger partial charge in [-0.3, -0.25) is 0 Å². The van der Waals surface area contributed by atoms with Gasteiger partial charge in [0.2, 0.25) is 0 Å². The van der Waals surface area contributed by atoms with Gasteiger partial charge in [0.15, 0.2) is 0 Å². The van der Waals surface area contributed by atoms with E-state index >= 15 is 0 Å². The van der Waals surface area contributed by atoms with Crippen molar-refractivity contribution in [2.75, 3.05) is 6.54 Å². The van der Waals surface area contributed by atoms with E-state index in [1.165, 1.54) is 25.7 Å². The topological polar surface area (TPSA) is 3.24 Å². The predicted octanol–water partition coefficient (Wildman–Crippen LogP) is 1.96. The predicted molar refractivity (Wildman–Crippen MR) is 82.8 cm³/mol. The van der Waals surface area contributed by atoms with E-state index in [-0.39, 0.29) is 17.3 Å². The third-order valence-electron chi connectivity index (χ3n) is 4.21. The molecule has 0 saturated carbocycles. The van der Waals surface area contributed by atoms with Gasteiger partial charge in [-0.2, -0.15) is 0 Å². The first-order valence-corrected chi connectivity index (χ1v) is 7.08. The van der Waals surface area contributed by atoms with E-state index < -0.39 is 5.21 Å². The first kappa shape index (κ1) is 16.3. The summed E-state index contributed by atoms with van der Waals surface area (Å²) in [6.45, 7) is 7.19. The number of rotatable bonds is 6. The highest BCUT2D eigenvalue weighted by Crippen LogP contribution is 2.46. The lowest BCUT2D eigenvalue weighted by Crippen LogP contribution is -2.48. The highest BCUT2D eigenvalue weighted by atomic mass is 15.2. The molecule has 0 N–H and O–H groups in total. The quantitative estimate of drug-likeness (QED) is 0.503. The average molecular weight is 237 g/mol. The van der Waals surface area contributed by atoms with Crippen LogP contribution in [-0.2, 0) is 0 Å². The lowest BCUT2D eigenvalue weighted by molar-refractivity contribution is 0.124. The van der Waals surface area contributed by atoms with Gasteiger partial charge in [0.05, 0.1) is 31.4 Å². The van der Waals surface area contributed by atoms with Gasteiger partial charge in [0, 0.05) is 5.54 Å². The van der Waals surface area contributed by atoms with Crippen molar-refractivity contribution in [1.29, 1.82) is 0 Å². The maximum atomic E-state index is 6.16. The Labute approximate surface area is 118 Å². The van der Waals surface area contributed by atoms with E-state index in [1.54, 1.807) is 0 Å². The zero-order valence-electron chi connectivity index (χ0n) is 12.2. The lowest BCUT2D eigenvalue weighted by Gasteiger charge is -2.40.